The molecule has 0 radical (unpaired) electrons. The van der Waals surface area contributed by atoms with Crippen molar-refractivity contribution in [3.05, 3.63) is 0 Å². The number of aliphatic carboxylic acids is 1. The van der Waals surface area contributed by atoms with Gasteiger partial charge in [-0.1, -0.05) is 27.7 Å². The highest BCUT2D eigenvalue weighted by Crippen LogP contribution is 2.17. The molecule has 1 atom stereocenters. The normalized spacial score (nSPS) is 13.0. The molecule has 2 N–H and O–H groups in total. The standard InChI is InChI=1S/C11H17NO4/c1-5-6(10(15)16)7(12)8(13)9(14)11(2,3)4/h6,12H,5H2,1-4H3,(H,15,16)/t6-/m0/s1. The third-order valence-electron chi connectivity index (χ3n) is 2.19. The van der Waals surface area contributed by atoms with Crippen LogP contribution in [0.1, 0.15) is 34.1 Å². The van der Waals surface area contributed by atoms with Crippen LogP contribution in [0.25, 0.3) is 0 Å². The summed E-state index contributed by atoms with van der Waals surface area (Å²) in [4.78, 5) is 33.9. The van der Waals surface area contributed by atoms with Crippen molar-refractivity contribution in [2.45, 2.75) is 34.1 Å². The summed E-state index contributed by atoms with van der Waals surface area (Å²) in [5.41, 5.74) is -1.52. The second-order valence-electron chi connectivity index (χ2n) is 4.62. The molecule has 0 saturated carbocycles. The van der Waals surface area contributed by atoms with Gasteiger partial charge in [-0.05, 0) is 6.42 Å². The van der Waals surface area contributed by atoms with Gasteiger partial charge in [0.1, 0.15) is 5.92 Å². The predicted octanol–water partition coefficient (Wildman–Crippen LogP) is 1.30. The van der Waals surface area contributed by atoms with Gasteiger partial charge in [0.2, 0.25) is 11.6 Å². The van der Waals surface area contributed by atoms with Crippen LogP contribution in [0.15, 0.2) is 0 Å². The van der Waals surface area contributed by atoms with Crippen molar-refractivity contribution in [1.29, 1.82) is 5.41 Å². The average molecular weight is 227 g/mol. The molecule has 0 aliphatic carbocycles. The molecule has 0 amide bonds. The van der Waals surface area contributed by atoms with Crippen LogP contribution in [0.4, 0.5) is 0 Å². The summed E-state index contributed by atoms with van der Waals surface area (Å²) < 4.78 is 0. The van der Waals surface area contributed by atoms with Gasteiger partial charge in [0.25, 0.3) is 0 Å². The van der Waals surface area contributed by atoms with Crippen molar-refractivity contribution in [3.63, 3.8) is 0 Å². The largest absolute Gasteiger partial charge is 0.481 e. The predicted molar refractivity (Wildman–Crippen MR) is 58.6 cm³/mol. The lowest BCUT2D eigenvalue weighted by Gasteiger charge is -2.17. The van der Waals surface area contributed by atoms with Crippen LogP contribution in [0.2, 0.25) is 0 Å². The highest BCUT2D eigenvalue weighted by molar-refractivity contribution is 6.66. The van der Waals surface area contributed by atoms with Gasteiger partial charge in [-0.2, -0.15) is 0 Å². The van der Waals surface area contributed by atoms with Crippen LogP contribution in [-0.2, 0) is 14.4 Å². The van der Waals surface area contributed by atoms with E-state index in [1.165, 1.54) is 0 Å². The van der Waals surface area contributed by atoms with E-state index in [0.29, 0.717) is 0 Å². The Hall–Kier alpha value is -1.52. The maximum Gasteiger partial charge on any atom is 0.312 e. The lowest BCUT2D eigenvalue weighted by atomic mass is 9.84. The third-order valence-corrected chi connectivity index (χ3v) is 2.19. The monoisotopic (exact) mass is 227 g/mol. The van der Waals surface area contributed by atoms with Gasteiger partial charge >= 0.3 is 5.97 Å². The zero-order chi connectivity index (χ0) is 13.1. The van der Waals surface area contributed by atoms with Gasteiger partial charge in [0.15, 0.2) is 0 Å². The molecule has 0 heterocycles. The number of hydrogen-bond donors (Lipinski definition) is 2. The minimum Gasteiger partial charge on any atom is -0.481 e. The fourth-order valence-electron chi connectivity index (χ4n) is 1.12. The van der Waals surface area contributed by atoms with E-state index in [1.54, 1.807) is 27.7 Å². The summed E-state index contributed by atoms with van der Waals surface area (Å²) >= 11 is 0. The number of rotatable bonds is 5. The number of carbonyl (C=O) groups is 3. The molecular formula is C11H17NO4. The maximum atomic E-state index is 11.6. The van der Waals surface area contributed by atoms with E-state index in [1.807, 2.05) is 0 Å². The van der Waals surface area contributed by atoms with Gasteiger partial charge in [0.05, 0.1) is 5.71 Å². The summed E-state index contributed by atoms with van der Waals surface area (Å²) in [5.74, 6) is -4.17. The van der Waals surface area contributed by atoms with Crippen molar-refractivity contribution in [2.75, 3.05) is 0 Å². The van der Waals surface area contributed by atoms with Crippen LogP contribution in [0, 0.1) is 16.7 Å². The summed E-state index contributed by atoms with van der Waals surface area (Å²) in [6.07, 6.45) is 0.122. The van der Waals surface area contributed by atoms with E-state index in [4.69, 9.17) is 10.5 Å². The molecule has 5 heteroatoms. The Balaban J connectivity index is 4.95. The molecule has 16 heavy (non-hydrogen) atoms. The molecule has 0 bridgehead atoms. The lowest BCUT2D eigenvalue weighted by molar-refractivity contribution is -0.141. The van der Waals surface area contributed by atoms with Crippen molar-refractivity contribution in [2.24, 2.45) is 11.3 Å². The molecule has 0 saturated heterocycles. The number of carboxylic acids is 1. The summed E-state index contributed by atoms with van der Waals surface area (Å²) in [5, 5.41) is 16.2. The molecule has 0 spiro atoms. The number of nitrogens with one attached hydrogen (secondary N) is 1. The van der Waals surface area contributed by atoms with Crippen molar-refractivity contribution in [3.8, 4) is 0 Å². The molecule has 0 aromatic carbocycles. The Labute approximate surface area is 94.4 Å². The molecule has 0 unspecified atom stereocenters. The Morgan fingerprint density at radius 3 is 1.94 bits per heavy atom. The Morgan fingerprint density at radius 1 is 1.25 bits per heavy atom. The molecule has 0 aromatic rings. The van der Waals surface area contributed by atoms with Gasteiger partial charge in [-0.3, -0.25) is 14.4 Å². The summed E-state index contributed by atoms with van der Waals surface area (Å²) in [6, 6.07) is 0. The van der Waals surface area contributed by atoms with Crippen molar-refractivity contribution >= 4 is 23.2 Å². The number of hydrogen-bond acceptors (Lipinski definition) is 4. The first kappa shape index (κ1) is 14.5. The highest BCUT2D eigenvalue weighted by atomic mass is 16.4. The Kier molecular flexibility index (Phi) is 4.53. The summed E-state index contributed by atoms with van der Waals surface area (Å²) in [7, 11) is 0. The second kappa shape index (κ2) is 5.01. The minimum absolute atomic E-state index is 0.122. The summed E-state index contributed by atoms with van der Waals surface area (Å²) in [6.45, 7) is 6.23. The average Bonchev–Trinajstić information content (AvgIpc) is 2.14. The first-order valence-corrected chi connectivity index (χ1v) is 5.03. The fourth-order valence-corrected chi connectivity index (χ4v) is 1.12. The van der Waals surface area contributed by atoms with E-state index >= 15 is 0 Å². The van der Waals surface area contributed by atoms with E-state index in [2.05, 4.69) is 0 Å². The topological polar surface area (TPSA) is 95.3 Å². The van der Waals surface area contributed by atoms with Crippen LogP contribution in [0.5, 0.6) is 0 Å². The molecule has 0 aliphatic heterocycles. The van der Waals surface area contributed by atoms with Gasteiger partial charge in [0, 0.05) is 5.41 Å². The van der Waals surface area contributed by atoms with E-state index < -0.39 is 34.6 Å². The van der Waals surface area contributed by atoms with Gasteiger partial charge in [-0.25, -0.2) is 0 Å². The van der Waals surface area contributed by atoms with E-state index in [9.17, 15) is 14.4 Å². The first-order valence-electron chi connectivity index (χ1n) is 5.03. The molecular weight excluding hydrogens is 210 g/mol. The highest BCUT2D eigenvalue weighted by Gasteiger charge is 2.35. The van der Waals surface area contributed by atoms with E-state index in [-0.39, 0.29) is 6.42 Å². The zero-order valence-corrected chi connectivity index (χ0v) is 9.96. The van der Waals surface area contributed by atoms with Crippen LogP contribution in [-0.4, -0.2) is 28.4 Å². The van der Waals surface area contributed by atoms with Gasteiger partial charge < -0.3 is 10.5 Å². The first-order chi connectivity index (χ1) is 7.12. The smallest absolute Gasteiger partial charge is 0.312 e. The van der Waals surface area contributed by atoms with Crippen LogP contribution in [0.3, 0.4) is 0 Å². The molecule has 0 fully saturated rings. The Morgan fingerprint density at radius 2 is 1.69 bits per heavy atom. The molecule has 0 rings (SSSR count). The quantitative estimate of drug-likeness (QED) is 0.546. The molecule has 0 aliphatic rings. The molecule has 90 valence electrons. The van der Waals surface area contributed by atoms with Crippen LogP contribution >= 0.6 is 0 Å². The number of Topliss-reactive ketones (excluding diaryl/α,β-unsaturated/α-hetero) is 2. The maximum absolute atomic E-state index is 11.6. The number of ketones is 2. The fraction of sp³-hybridized carbons (Fsp3) is 0.636. The van der Waals surface area contributed by atoms with E-state index in [0.717, 1.165) is 0 Å². The second-order valence-corrected chi connectivity index (χ2v) is 4.62. The number of carboxylic acid groups (broad SMARTS) is 1. The number of carbonyl (C=O) groups excluding carboxylic acids is 2. The SMILES string of the molecule is CC[C@@H](C(=N)C(=O)C(=O)C(C)(C)C)C(=O)O. The van der Waals surface area contributed by atoms with Gasteiger partial charge in [-0.15, -0.1) is 0 Å². The Bertz CT molecular complexity index is 338. The third kappa shape index (κ3) is 3.25. The lowest BCUT2D eigenvalue weighted by Crippen LogP contribution is -2.38. The van der Waals surface area contributed by atoms with Crippen molar-refractivity contribution in [1.82, 2.24) is 0 Å². The minimum atomic E-state index is -1.25. The zero-order valence-electron chi connectivity index (χ0n) is 9.96. The molecule has 0 aromatic heterocycles. The van der Waals surface area contributed by atoms with Crippen LogP contribution < -0.4 is 0 Å². The molecule has 5 nitrogen and oxygen atoms in total. The van der Waals surface area contributed by atoms with Crippen molar-refractivity contribution < 1.29 is 19.5 Å².